The third kappa shape index (κ3) is 4.72. The van der Waals surface area contributed by atoms with Crippen molar-refractivity contribution in [3.05, 3.63) is 53.9 Å². The molecule has 2 aromatic heterocycles. The molecule has 1 saturated carbocycles. The Morgan fingerprint density at radius 3 is 2.50 bits per heavy atom. The first-order valence-corrected chi connectivity index (χ1v) is 10.5. The highest BCUT2D eigenvalue weighted by Crippen LogP contribution is 2.36. The van der Waals surface area contributed by atoms with E-state index in [0.29, 0.717) is 17.5 Å². The molecule has 0 radical (unpaired) electrons. The number of carbonyl (C=O) groups is 1. The quantitative estimate of drug-likeness (QED) is 0.694. The number of nitrogens with two attached hydrogens (primary N) is 1. The van der Waals surface area contributed by atoms with Crippen LogP contribution >= 0.6 is 0 Å². The van der Waals surface area contributed by atoms with E-state index in [0.717, 1.165) is 24.3 Å². The Balaban J connectivity index is 0.000000161. The molecule has 0 bridgehead atoms. The zero-order valence-electron chi connectivity index (χ0n) is 15.7. The Morgan fingerprint density at radius 1 is 1.25 bits per heavy atom. The summed E-state index contributed by atoms with van der Waals surface area (Å²) in [6.07, 6.45) is 5.19. The highest BCUT2D eigenvalue weighted by Gasteiger charge is 2.26. The number of aromatic nitrogens is 3. The van der Waals surface area contributed by atoms with Crippen LogP contribution in [-0.4, -0.2) is 31.7 Å². The molecular weight excluding hydrogens is 380 g/mol. The third-order valence-corrected chi connectivity index (χ3v) is 5.78. The molecule has 28 heavy (non-hydrogen) atoms. The maximum Gasteiger partial charge on any atom is 0.287 e. The molecular formula is C19H22N4O4S. The van der Waals surface area contributed by atoms with Crippen LogP contribution in [0.1, 0.15) is 59.7 Å². The predicted octanol–water partition coefficient (Wildman–Crippen LogP) is 3.22. The lowest BCUT2D eigenvalue weighted by atomic mass is 9.85. The second-order valence-corrected chi connectivity index (χ2v) is 8.26. The molecule has 148 valence electrons. The van der Waals surface area contributed by atoms with E-state index in [2.05, 4.69) is 15.4 Å². The predicted molar refractivity (Wildman–Crippen MR) is 104 cm³/mol. The maximum absolute atomic E-state index is 11.2. The Bertz CT molecular complexity index is 950. The van der Waals surface area contributed by atoms with Crippen molar-refractivity contribution in [2.24, 2.45) is 5.73 Å². The van der Waals surface area contributed by atoms with Crippen molar-refractivity contribution >= 4 is 16.7 Å². The first-order valence-electron chi connectivity index (χ1n) is 8.93. The number of benzene rings is 1. The van der Waals surface area contributed by atoms with Gasteiger partial charge in [-0.05, 0) is 19.8 Å². The van der Waals surface area contributed by atoms with E-state index < -0.39 is 16.7 Å². The number of carbonyl (C=O) groups excluding carboxylic acids is 1. The second-order valence-electron chi connectivity index (χ2n) is 6.55. The van der Waals surface area contributed by atoms with Gasteiger partial charge in [0.25, 0.3) is 5.91 Å². The van der Waals surface area contributed by atoms with Crippen molar-refractivity contribution < 1.29 is 17.9 Å². The van der Waals surface area contributed by atoms with Gasteiger partial charge in [0.2, 0.25) is 17.5 Å². The lowest BCUT2D eigenvalue weighted by Crippen LogP contribution is -2.09. The summed E-state index contributed by atoms with van der Waals surface area (Å²) in [5, 5.41) is 11.5. The summed E-state index contributed by atoms with van der Waals surface area (Å²) < 4.78 is 21.4. The monoisotopic (exact) mass is 402 g/mol. The topological polar surface area (TPSA) is 125 Å². The SMILES string of the molecule is CC(c1nnc(C2CCC2)o1)S(C)=O.NC(=O)c1cc(-c2ccccc2)no1. The highest BCUT2D eigenvalue weighted by atomic mass is 32.2. The number of amides is 1. The van der Waals surface area contributed by atoms with E-state index in [1.807, 2.05) is 37.3 Å². The first kappa shape index (κ1) is 19.9. The average molecular weight is 402 g/mol. The van der Waals surface area contributed by atoms with Gasteiger partial charge in [-0.1, -0.05) is 41.9 Å². The molecule has 0 saturated heterocycles. The molecule has 2 unspecified atom stereocenters. The third-order valence-electron chi connectivity index (χ3n) is 4.58. The Morgan fingerprint density at radius 2 is 1.96 bits per heavy atom. The molecule has 0 aliphatic heterocycles. The molecule has 4 rings (SSSR count). The van der Waals surface area contributed by atoms with E-state index in [-0.39, 0.29) is 11.0 Å². The second kappa shape index (κ2) is 8.92. The van der Waals surface area contributed by atoms with Gasteiger partial charge in [-0.2, -0.15) is 0 Å². The van der Waals surface area contributed by atoms with E-state index >= 15 is 0 Å². The van der Waals surface area contributed by atoms with Crippen LogP contribution in [0.2, 0.25) is 0 Å². The van der Waals surface area contributed by atoms with Crippen LogP contribution in [0.3, 0.4) is 0 Å². The number of hydrogen-bond donors (Lipinski definition) is 1. The summed E-state index contributed by atoms with van der Waals surface area (Å²) in [5.74, 6) is 1.15. The smallest absolute Gasteiger partial charge is 0.287 e. The largest absolute Gasteiger partial charge is 0.424 e. The number of rotatable bonds is 5. The molecule has 1 amide bonds. The molecule has 3 aromatic rings. The van der Waals surface area contributed by atoms with Crippen molar-refractivity contribution in [2.75, 3.05) is 6.26 Å². The fourth-order valence-corrected chi connectivity index (χ4v) is 2.89. The van der Waals surface area contributed by atoms with Gasteiger partial charge < -0.3 is 14.7 Å². The molecule has 2 N–H and O–H groups in total. The van der Waals surface area contributed by atoms with Crippen molar-refractivity contribution in [1.82, 2.24) is 15.4 Å². The standard InChI is InChI=1S/C10H8N2O2.C9H14N2O2S/c11-10(13)9-6-8(12-14-9)7-4-2-1-3-5-7;1-6(14(2)12)8-10-11-9(13-8)7-4-3-5-7/h1-6H,(H2,11,13);6-7H,3-5H2,1-2H3. The van der Waals surface area contributed by atoms with Crippen LogP contribution in [0.25, 0.3) is 11.3 Å². The van der Waals surface area contributed by atoms with Gasteiger partial charge in [0, 0.05) is 34.6 Å². The zero-order valence-corrected chi connectivity index (χ0v) is 16.5. The van der Waals surface area contributed by atoms with Crippen LogP contribution in [0.4, 0.5) is 0 Å². The van der Waals surface area contributed by atoms with E-state index in [1.54, 1.807) is 6.26 Å². The van der Waals surface area contributed by atoms with Gasteiger partial charge in [0.1, 0.15) is 10.9 Å². The molecule has 2 heterocycles. The Kier molecular flexibility index (Phi) is 6.35. The zero-order chi connectivity index (χ0) is 20.1. The molecule has 1 fully saturated rings. The van der Waals surface area contributed by atoms with Gasteiger partial charge in [-0.15, -0.1) is 10.2 Å². The lowest BCUT2D eigenvalue weighted by molar-refractivity contribution is 0.0965. The first-order chi connectivity index (χ1) is 13.5. The van der Waals surface area contributed by atoms with Crippen LogP contribution in [0.15, 0.2) is 45.3 Å². The highest BCUT2D eigenvalue weighted by molar-refractivity contribution is 7.84. The molecule has 9 heteroatoms. The molecule has 1 aliphatic carbocycles. The number of hydrogen-bond acceptors (Lipinski definition) is 7. The Labute approximate surface area is 165 Å². The van der Waals surface area contributed by atoms with Gasteiger partial charge >= 0.3 is 0 Å². The maximum atomic E-state index is 11.2. The fraction of sp³-hybridized carbons (Fsp3) is 0.368. The summed E-state index contributed by atoms with van der Waals surface area (Å²) in [4.78, 5) is 10.7. The average Bonchev–Trinajstić information content (AvgIpc) is 3.31. The van der Waals surface area contributed by atoms with Gasteiger partial charge in [-0.25, -0.2) is 0 Å². The van der Waals surface area contributed by atoms with Crippen molar-refractivity contribution in [1.29, 1.82) is 0 Å². The fourth-order valence-electron chi connectivity index (χ4n) is 2.51. The number of nitrogens with zero attached hydrogens (tertiary/aromatic N) is 3. The summed E-state index contributed by atoms with van der Waals surface area (Å²) in [5.41, 5.74) is 6.54. The van der Waals surface area contributed by atoms with Gasteiger partial charge in [-0.3, -0.25) is 9.00 Å². The van der Waals surface area contributed by atoms with E-state index in [9.17, 15) is 9.00 Å². The molecule has 1 aromatic carbocycles. The van der Waals surface area contributed by atoms with Gasteiger partial charge in [0.05, 0.1) is 0 Å². The molecule has 2 atom stereocenters. The van der Waals surface area contributed by atoms with E-state index in [4.69, 9.17) is 14.7 Å². The van der Waals surface area contributed by atoms with E-state index in [1.165, 1.54) is 12.5 Å². The van der Waals surface area contributed by atoms with Crippen LogP contribution in [0, 0.1) is 0 Å². The van der Waals surface area contributed by atoms with Crippen molar-refractivity contribution in [2.45, 2.75) is 37.4 Å². The Hall–Kier alpha value is -2.81. The van der Waals surface area contributed by atoms with Crippen molar-refractivity contribution in [3.8, 4) is 11.3 Å². The summed E-state index contributed by atoms with van der Waals surface area (Å²) in [6.45, 7) is 1.84. The van der Waals surface area contributed by atoms with Crippen LogP contribution < -0.4 is 5.73 Å². The normalized spacial score (nSPS) is 15.8. The van der Waals surface area contributed by atoms with Crippen LogP contribution in [-0.2, 0) is 10.8 Å². The minimum atomic E-state index is -0.941. The van der Waals surface area contributed by atoms with Gasteiger partial charge in [0.15, 0.2) is 0 Å². The number of primary amides is 1. The van der Waals surface area contributed by atoms with Crippen molar-refractivity contribution in [3.63, 3.8) is 0 Å². The summed E-state index contributed by atoms with van der Waals surface area (Å²) in [7, 11) is -0.941. The van der Waals surface area contributed by atoms with Crippen LogP contribution in [0.5, 0.6) is 0 Å². The molecule has 0 spiro atoms. The molecule has 1 aliphatic rings. The summed E-state index contributed by atoms with van der Waals surface area (Å²) >= 11 is 0. The minimum absolute atomic E-state index is 0.0730. The summed E-state index contributed by atoms with van der Waals surface area (Å²) in [6, 6.07) is 10.9. The lowest BCUT2D eigenvalue weighted by Gasteiger charge is -2.20. The minimum Gasteiger partial charge on any atom is -0.424 e. The molecule has 8 nitrogen and oxygen atoms in total.